The van der Waals surface area contributed by atoms with E-state index in [1.165, 1.54) is 44.9 Å². The minimum absolute atomic E-state index is 0.0742. The zero-order chi connectivity index (χ0) is 22.5. The second kappa shape index (κ2) is 20.6. The number of unbranched alkanes of at least 4 members (excludes halogenated alkanes) is 12. The number of rotatable bonds is 22. The van der Waals surface area contributed by atoms with Crippen LogP contribution in [0.15, 0.2) is 0 Å². The lowest BCUT2D eigenvalue weighted by Crippen LogP contribution is -2.41. The average molecular weight is 430 g/mol. The molecule has 0 fully saturated rings. The zero-order valence-corrected chi connectivity index (χ0v) is 18.5. The molecule has 6 N–H and O–H groups in total. The number of carbonyl (C=O) groups excluding carboxylic acids is 1. The molecule has 0 heterocycles. The summed E-state index contributed by atoms with van der Waals surface area (Å²) in [4.78, 5) is 33.0. The van der Waals surface area contributed by atoms with E-state index in [4.69, 9.17) is 16.1 Å². The van der Waals surface area contributed by atoms with Gasteiger partial charge in [0.05, 0.1) is 0 Å². The van der Waals surface area contributed by atoms with Crippen LogP contribution >= 0.6 is 0 Å². The summed E-state index contributed by atoms with van der Waals surface area (Å²) in [6.07, 6.45) is 16.3. The van der Waals surface area contributed by atoms with Crippen LogP contribution in [0, 0.1) is 0 Å². The van der Waals surface area contributed by atoms with Crippen molar-refractivity contribution in [1.29, 1.82) is 0 Å². The van der Waals surface area contributed by atoms with E-state index in [0.29, 0.717) is 32.2 Å². The fourth-order valence-electron chi connectivity index (χ4n) is 3.40. The average Bonchev–Trinajstić information content (AvgIpc) is 2.70. The van der Waals surface area contributed by atoms with Crippen molar-refractivity contribution in [3.63, 3.8) is 0 Å². The summed E-state index contributed by atoms with van der Waals surface area (Å²) in [5, 5.41) is 20.3. The summed E-state index contributed by atoms with van der Waals surface area (Å²) in [5.41, 5.74) is 2.27. The standard InChI is InChI=1S/C22H43N3O5/c23-25-19(22(29)30)15-13-14-18-24-20(26)16-11-9-7-5-3-1-2-4-6-8-10-12-17-21(27)28/h19,25H,1-18,23H2,(H,24,26)(H,27,28)(H,29,30)/t19-/m0/s1. The Bertz CT molecular complexity index is 460. The molecular weight excluding hydrogens is 386 g/mol. The number of carboxylic acid groups (broad SMARTS) is 2. The monoisotopic (exact) mass is 429 g/mol. The molecular formula is C22H43N3O5. The van der Waals surface area contributed by atoms with Gasteiger partial charge in [0.1, 0.15) is 6.04 Å². The first-order chi connectivity index (χ1) is 14.5. The van der Waals surface area contributed by atoms with Gasteiger partial charge in [-0.3, -0.25) is 20.2 Å². The molecule has 1 atom stereocenters. The molecule has 30 heavy (non-hydrogen) atoms. The Morgan fingerprint density at radius 2 is 1.13 bits per heavy atom. The van der Waals surface area contributed by atoms with Crippen molar-refractivity contribution < 1.29 is 24.6 Å². The van der Waals surface area contributed by atoms with E-state index < -0.39 is 18.0 Å². The first-order valence-corrected chi connectivity index (χ1v) is 11.6. The van der Waals surface area contributed by atoms with Crippen molar-refractivity contribution in [1.82, 2.24) is 10.7 Å². The molecule has 0 aromatic carbocycles. The Hall–Kier alpha value is -1.67. The van der Waals surface area contributed by atoms with Crippen molar-refractivity contribution in [2.24, 2.45) is 5.84 Å². The van der Waals surface area contributed by atoms with E-state index in [0.717, 1.165) is 38.5 Å². The number of hydrogen-bond acceptors (Lipinski definition) is 5. The van der Waals surface area contributed by atoms with E-state index >= 15 is 0 Å². The highest BCUT2D eigenvalue weighted by molar-refractivity contribution is 5.75. The van der Waals surface area contributed by atoms with E-state index in [2.05, 4.69) is 10.7 Å². The molecule has 0 radical (unpaired) electrons. The summed E-state index contributed by atoms with van der Waals surface area (Å²) >= 11 is 0. The minimum atomic E-state index is -0.952. The van der Waals surface area contributed by atoms with E-state index in [1.54, 1.807) is 0 Å². The molecule has 8 heteroatoms. The second-order valence-corrected chi connectivity index (χ2v) is 8.04. The van der Waals surface area contributed by atoms with Gasteiger partial charge in [-0.25, -0.2) is 5.43 Å². The number of hydrazine groups is 1. The number of nitrogens with two attached hydrogens (primary N) is 1. The minimum Gasteiger partial charge on any atom is -0.481 e. The van der Waals surface area contributed by atoms with Gasteiger partial charge >= 0.3 is 11.9 Å². The van der Waals surface area contributed by atoms with Crippen LogP contribution in [0.25, 0.3) is 0 Å². The first kappa shape index (κ1) is 28.3. The molecule has 0 aliphatic carbocycles. The normalized spacial score (nSPS) is 11.9. The molecule has 0 aromatic rings. The molecule has 0 spiro atoms. The van der Waals surface area contributed by atoms with Gasteiger partial charge in [0.25, 0.3) is 0 Å². The predicted octanol–water partition coefficient (Wildman–Crippen LogP) is 3.74. The fourth-order valence-corrected chi connectivity index (χ4v) is 3.40. The van der Waals surface area contributed by atoms with Crippen LogP contribution in [0.2, 0.25) is 0 Å². The maximum Gasteiger partial charge on any atom is 0.322 e. The lowest BCUT2D eigenvalue weighted by Gasteiger charge is -2.10. The third-order valence-electron chi connectivity index (χ3n) is 5.29. The van der Waals surface area contributed by atoms with Gasteiger partial charge in [-0.05, 0) is 32.1 Å². The van der Waals surface area contributed by atoms with Crippen LogP contribution in [0.1, 0.15) is 109 Å². The van der Waals surface area contributed by atoms with Crippen LogP contribution < -0.4 is 16.6 Å². The number of amides is 1. The largest absolute Gasteiger partial charge is 0.481 e. The lowest BCUT2D eigenvalue weighted by molar-refractivity contribution is -0.140. The van der Waals surface area contributed by atoms with E-state index in [-0.39, 0.29) is 5.91 Å². The van der Waals surface area contributed by atoms with Gasteiger partial charge in [0, 0.05) is 19.4 Å². The molecule has 8 nitrogen and oxygen atoms in total. The first-order valence-electron chi connectivity index (χ1n) is 11.6. The van der Waals surface area contributed by atoms with Gasteiger partial charge < -0.3 is 15.5 Å². The summed E-state index contributed by atoms with van der Waals surface area (Å²) < 4.78 is 0. The van der Waals surface area contributed by atoms with Crippen LogP contribution in [0.5, 0.6) is 0 Å². The molecule has 0 saturated carbocycles. The maximum atomic E-state index is 11.8. The van der Waals surface area contributed by atoms with Gasteiger partial charge in [0.15, 0.2) is 0 Å². The van der Waals surface area contributed by atoms with Crippen LogP contribution in [-0.4, -0.2) is 40.6 Å². The Kier molecular flexibility index (Phi) is 19.5. The van der Waals surface area contributed by atoms with Crippen molar-refractivity contribution in [2.75, 3.05) is 6.54 Å². The molecule has 1 amide bonds. The zero-order valence-electron chi connectivity index (χ0n) is 18.5. The lowest BCUT2D eigenvalue weighted by atomic mass is 10.0. The van der Waals surface area contributed by atoms with E-state index in [1.807, 2.05) is 0 Å². The van der Waals surface area contributed by atoms with Crippen molar-refractivity contribution in [3.05, 3.63) is 0 Å². The smallest absolute Gasteiger partial charge is 0.322 e. The molecule has 0 aliphatic heterocycles. The highest BCUT2D eigenvalue weighted by Crippen LogP contribution is 2.13. The van der Waals surface area contributed by atoms with Gasteiger partial charge in [-0.1, -0.05) is 64.2 Å². The molecule has 0 bridgehead atoms. The second-order valence-electron chi connectivity index (χ2n) is 8.04. The Morgan fingerprint density at radius 1 is 0.667 bits per heavy atom. The van der Waals surface area contributed by atoms with E-state index in [9.17, 15) is 14.4 Å². The van der Waals surface area contributed by atoms with Gasteiger partial charge in [0.2, 0.25) is 5.91 Å². The molecule has 0 saturated heterocycles. The summed E-state index contributed by atoms with van der Waals surface area (Å²) in [6.45, 7) is 0.579. The summed E-state index contributed by atoms with van der Waals surface area (Å²) in [6, 6.07) is -0.726. The maximum absolute atomic E-state index is 11.8. The SMILES string of the molecule is NN[C@@H](CCCCNC(=O)CCCCCCCCCCCCCCC(=O)O)C(=O)O. The number of aliphatic carboxylic acids is 2. The highest BCUT2D eigenvalue weighted by Gasteiger charge is 2.14. The molecule has 0 aromatic heterocycles. The Morgan fingerprint density at radius 3 is 1.57 bits per heavy atom. The Labute approximate surface area is 181 Å². The van der Waals surface area contributed by atoms with Crippen LogP contribution in [0.3, 0.4) is 0 Å². The number of carboxylic acids is 2. The summed E-state index contributed by atoms with van der Waals surface area (Å²) in [7, 11) is 0. The topological polar surface area (TPSA) is 142 Å². The molecule has 0 aliphatic rings. The molecule has 176 valence electrons. The molecule has 0 rings (SSSR count). The number of carbonyl (C=O) groups is 3. The number of nitrogens with one attached hydrogen (secondary N) is 2. The summed E-state index contributed by atoms with van der Waals surface area (Å²) in [5.74, 6) is 3.60. The third kappa shape index (κ3) is 19.6. The molecule has 0 unspecified atom stereocenters. The third-order valence-corrected chi connectivity index (χ3v) is 5.29. The van der Waals surface area contributed by atoms with Crippen molar-refractivity contribution >= 4 is 17.8 Å². The van der Waals surface area contributed by atoms with Crippen LogP contribution in [0.4, 0.5) is 0 Å². The van der Waals surface area contributed by atoms with Crippen molar-refractivity contribution in [3.8, 4) is 0 Å². The van der Waals surface area contributed by atoms with Gasteiger partial charge in [-0.2, -0.15) is 0 Å². The Balaban J connectivity index is 3.28. The number of hydrogen-bond donors (Lipinski definition) is 5. The predicted molar refractivity (Wildman–Crippen MR) is 118 cm³/mol. The van der Waals surface area contributed by atoms with Crippen molar-refractivity contribution in [2.45, 2.75) is 115 Å². The quantitative estimate of drug-likeness (QED) is 0.100. The van der Waals surface area contributed by atoms with Crippen LogP contribution in [-0.2, 0) is 14.4 Å². The highest BCUT2D eigenvalue weighted by atomic mass is 16.4. The fraction of sp³-hybridized carbons (Fsp3) is 0.864. The van der Waals surface area contributed by atoms with Gasteiger partial charge in [-0.15, -0.1) is 0 Å².